The minimum atomic E-state index is 0.151. The van der Waals surface area contributed by atoms with Gasteiger partial charge >= 0.3 is 0 Å². The molecular weight excluding hydrogens is 362 g/mol. The summed E-state index contributed by atoms with van der Waals surface area (Å²) in [5.41, 5.74) is 3.57. The van der Waals surface area contributed by atoms with E-state index >= 15 is 0 Å². The molecule has 5 heteroatoms. The van der Waals surface area contributed by atoms with E-state index in [4.69, 9.17) is 9.26 Å². The first-order valence-corrected chi connectivity index (χ1v) is 10.1. The van der Waals surface area contributed by atoms with Gasteiger partial charge in [-0.2, -0.15) is 4.98 Å². The van der Waals surface area contributed by atoms with E-state index in [2.05, 4.69) is 74.3 Å². The molecule has 154 valence electrons. The molecule has 0 fully saturated rings. The maximum absolute atomic E-state index is 5.47. The molecule has 1 unspecified atom stereocenters. The molecule has 0 aliphatic rings. The number of rotatable bonds is 7. The van der Waals surface area contributed by atoms with Crippen LogP contribution in [0.25, 0.3) is 11.4 Å². The highest BCUT2D eigenvalue weighted by Crippen LogP contribution is 2.28. The number of ether oxygens (including phenoxy) is 1. The molecule has 0 radical (unpaired) electrons. The van der Waals surface area contributed by atoms with Gasteiger partial charge in [0.1, 0.15) is 5.75 Å². The fourth-order valence-electron chi connectivity index (χ4n) is 3.39. The summed E-state index contributed by atoms with van der Waals surface area (Å²) in [5, 5.41) is 7.70. The van der Waals surface area contributed by atoms with Gasteiger partial charge in [0.25, 0.3) is 0 Å². The molecule has 0 saturated carbocycles. The first-order valence-electron chi connectivity index (χ1n) is 10.1. The molecular formula is C24H31N3O2. The first-order chi connectivity index (χ1) is 13.8. The average Bonchev–Trinajstić information content (AvgIpc) is 3.16. The van der Waals surface area contributed by atoms with Crippen LogP contribution >= 0.6 is 0 Å². The Morgan fingerprint density at radius 3 is 2.34 bits per heavy atom. The Kier molecular flexibility index (Phi) is 6.38. The van der Waals surface area contributed by atoms with Gasteiger partial charge in [0.15, 0.2) is 0 Å². The second-order valence-corrected chi connectivity index (χ2v) is 8.69. The van der Waals surface area contributed by atoms with Crippen LogP contribution in [0.1, 0.15) is 57.7 Å². The maximum Gasteiger partial charge on any atom is 0.240 e. The molecule has 1 N–H and O–H groups in total. The summed E-state index contributed by atoms with van der Waals surface area (Å²) < 4.78 is 10.9. The standard InChI is InChI=1S/C24H31N3O2/c1-16(2)22(17-11-13-18(14-12-17)24(3,4)5)25-15-21-26-23(27-29-21)19-9-7-8-10-20(19)28-6/h7-14,16,22,25H,15H2,1-6H3. The van der Waals surface area contributed by atoms with Crippen molar-refractivity contribution in [1.82, 2.24) is 15.5 Å². The van der Waals surface area contributed by atoms with Gasteiger partial charge in [-0.3, -0.25) is 0 Å². The van der Waals surface area contributed by atoms with Gasteiger partial charge in [0, 0.05) is 6.04 Å². The van der Waals surface area contributed by atoms with Crippen molar-refractivity contribution in [1.29, 1.82) is 0 Å². The zero-order valence-electron chi connectivity index (χ0n) is 18.2. The van der Waals surface area contributed by atoms with Crippen molar-refractivity contribution in [2.75, 3.05) is 7.11 Å². The lowest BCUT2D eigenvalue weighted by molar-refractivity contribution is 0.337. The number of hydrogen-bond acceptors (Lipinski definition) is 5. The Morgan fingerprint density at radius 2 is 1.72 bits per heavy atom. The van der Waals surface area contributed by atoms with Crippen molar-refractivity contribution in [3.63, 3.8) is 0 Å². The van der Waals surface area contributed by atoms with Crippen LogP contribution in [0.4, 0.5) is 0 Å². The normalized spacial score (nSPS) is 12.9. The number of nitrogens with one attached hydrogen (secondary N) is 1. The van der Waals surface area contributed by atoms with Crippen LogP contribution in [0.3, 0.4) is 0 Å². The van der Waals surface area contributed by atoms with E-state index < -0.39 is 0 Å². The van der Waals surface area contributed by atoms with Crippen LogP contribution in [0, 0.1) is 5.92 Å². The van der Waals surface area contributed by atoms with Crippen molar-refractivity contribution < 1.29 is 9.26 Å². The van der Waals surface area contributed by atoms with Crippen molar-refractivity contribution in [2.24, 2.45) is 5.92 Å². The van der Waals surface area contributed by atoms with Gasteiger partial charge in [0.05, 0.1) is 19.2 Å². The van der Waals surface area contributed by atoms with Crippen LogP contribution in [-0.4, -0.2) is 17.3 Å². The summed E-state index contributed by atoms with van der Waals surface area (Å²) in [6.07, 6.45) is 0. The zero-order valence-corrected chi connectivity index (χ0v) is 18.2. The van der Waals surface area contributed by atoms with Gasteiger partial charge in [-0.1, -0.05) is 76.2 Å². The summed E-state index contributed by atoms with van der Waals surface area (Å²) in [6.45, 7) is 11.6. The molecule has 0 aliphatic carbocycles. The lowest BCUT2D eigenvalue weighted by atomic mass is 9.85. The molecule has 1 heterocycles. The topological polar surface area (TPSA) is 60.2 Å². The fraction of sp³-hybridized carbons (Fsp3) is 0.417. The van der Waals surface area contributed by atoms with Gasteiger partial charge < -0.3 is 14.6 Å². The Bertz CT molecular complexity index is 924. The highest BCUT2D eigenvalue weighted by atomic mass is 16.5. The van der Waals surface area contributed by atoms with Crippen molar-refractivity contribution in [3.8, 4) is 17.1 Å². The van der Waals surface area contributed by atoms with Crippen LogP contribution in [-0.2, 0) is 12.0 Å². The number of hydrogen-bond donors (Lipinski definition) is 1. The molecule has 5 nitrogen and oxygen atoms in total. The summed E-state index contributed by atoms with van der Waals surface area (Å²) >= 11 is 0. The molecule has 3 rings (SSSR count). The number of aromatic nitrogens is 2. The highest BCUT2D eigenvalue weighted by molar-refractivity contribution is 5.63. The quantitative estimate of drug-likeness (QED) is 0.572. The van der Waals surface area contributed by atoms with Crippen LogP contribution in [0.15, 0.2) is 53.1 Å². The van der Waals surface area contributed by atoms with Crippen molar-refractivity contribution in [3.05, 3.63) is 65.5 Å². The van der Waals surface area contributed by atoms with E-state index in [0.29, 0.717) is 24.2 Å². The molecule has 0 amide bonds. The first kappa shape index (κ1) is 21.1. The third kappa shape index (κ3) is 5.04. The Hall–Kier alpha value is -2.66. The van der Waals surface area contributed by atoms with E-state index in [1.165, 1.54) is 11.1 Å². The zero-order chi connectivity index (χ0) is 21.0. The number of para-hydroxylation sites is 1. The lowest BCUT2D eigenvalue weighted by Gasteiger charge is -2.24. The van der Waals surface area contributed by atoms with Gasteiger partial charge in [-0.15, -0.1) is 0 Å². The van der Waals surface area contributed by atoms with Crippen molar-refractivity contribution in [2.45, 2.75) is 52.6 Å². The molecule has 1 aromatic heterocycles. The molecule has 1 atom stereocenters. The van der Waals surface area contributed by atoms with Crippen LogP contribution in [0.5, 0.6) is 5.75 Å². The van der Waals surface area contributed by atoms with Crippen molar-refractivity contribution >= 4 is 0 Å². The number of methoxy groups -OCH3 is 1. The van der Waals surface area contributed by atoms with Gasteiger partial charge in [-0.05, 0) is 34.6 Å². The minimum Gasteiger partial charge on any atom is -0.496 e. The highest BCUT2D eigenvalue weighted by Gasteiger charge is 2.19. The number of benzene rings is 2. The summed E-state index contributed by atoms with van der Waals surface area (Å²) in [7, 11) is 1.64. The predicted octanol–water partition coefficient (Wildman–Crippen LogP) is 5.53. The largest absolute Gasteiger partial charge is 0.496 e. The average molecular weight is 394 g/mol. The Labute approximate surface area is 173 Å². The van der Waals surface area contributed by atoms with E-state index in [0.717, 1.165) is 11.3 Å². The maximum atomic E-state index is 5.47. The second-order valence-electron chi connectivity index (χ2n) is 8.69. The monoisotopic (exact) mass is 393 g/mol. The fourth-order valence-corrected chi connectivity index (χ4v) is 3.39. The van der Waals surface area contributed by atoms with Crippen LogP contribution < -0.4 is 10.1 Å². The summed E-state index contributed by atoms with van der Waals surface area (Å²) in [5.74, 6) is 2.25. The van der Waals surface area contributed by atoms with E-state index in [-0.39, 0.29) is 11.5 Å². The van der Waals surface area contributed by atoms with Gasteiger partial charge in [0.2, 0.25) is 11.7 Å². The third-order valence-corrected chi connectivity index (χ3v) is 5.09. The SMILES string of the molecule is COc1ccccc1-c1noc(CNC(c2ccc(C(C)(C)C)cc2)C(C)C)n1. The molecule has 29 heavy (non-hydrogen) atoms. The smallest absolute Gasteiger partial charge is 0.240 e. The molecule has 0 aliphatic heterocycles. The van der Waals surface area contributed by atoms with E-state index in [1.807, 2.05) is 24.3 Å². The number of nitrogens with zero attached hydrogens (tertiary/aromatic N) is 2. The summed E-state index contributed by atoms with van der Waals surface area (Å²) in [6, 6.07) is 16.7. The van der Waals surface area contributed by atoms with E-state index in [9.17, 15) is 0 Å². The molecule has 0 bridgehead atoms. The second kappa shape index (κ2) is 8.78. The minimum absolute atomic E-state index is 0.151. The third-order valence-electron chi connectivity index (χ3n) is 5.09. The molecule has 2 aromatic carbocycles. The predicted molar refractivity (Wildman–Crippen MR) is 116 cm³/mol. The van der Waals surface area contributed by atoms with Gasteiger partial charge in [-0.25, -0.2) is 0 Å². The Balaban J connectivity index is 1.72. The van der Waals surface area contributed by atoms with E-state index in [1.54, 1.807) is 7.11 Å². The molecule has 0 saturated heterocycles. The molecule has 0 spiro atoms. The summed E-state index contributed by atoms with van der Waals surface area (Å²) in [4.78, 5) is 4.54. The van der Waals surface area contributed by atoms with Crippen LogP contribution in [0.2, 0.25) is 0 Å². The Morgan fingerprint density at radius 1 is 1.03 bits per heavy atom. The molecule has 3 aromatic rings. The lowest BCUT2D eigenvalue weighted by Crippen LogP contribution is -2.25.